The van der Waals surface area contributed by atoms with E-state index in [0.717, 1.165) is 13.0 Å². The van der Waals surface area contributed by atoms with Gasteiger partial charge >= 0.3 is 12.2 Å². The van der Waals surface area contributed by atoms with Crippen LogP contribution in [0.5, 0.6) is 0 Å². The Morgan fingerprint density at radius 3 is 1.76 bits per heavy atom. The van der Waals surface area contributed by atoms with E-state index in [-0.39, 0.29) is 14.0 Å². The highest BCUT2D eigenvalue weighted by Crippen LogP contribution is 2.14. The van der Waals surface area contributed by atoms with Crippen LogP contribution in [0.3, 0.4) is 0 Å². The first-order valence-corrected chi connectivity index (χ1v) is 8.05. The standard InChI is InChI=1S/C16H32N2O6.CH4/c1-15(2,3)23-13(19)18(14(20)24-16(4,5)6)22-12-10-17-9-8-11-21-7;/h17H,8-12H2,1-7H3;1H4. The van der Waals surface area contributed by atoms with Crippen molar-refractivity contribution in [1.29, 1.82) is 0 Å². The minimum atomic E-state index is -0.906. The number of carbonyl (C=O) groups excluding carboxylic acids is 2. The van der Waals surface area contributed by atoms with Crippen molar-refractivity contribution < 1.29 is 28.6 Å². The fraction of sp³-hybridized carbons (Fsp3) is 0.882. The molecule has 1 N–H and O–H groups in total. The molecule has 2 amide bonds. The highest BCUT2D eigenvalue weighted by atomic mass is 16.8. The average molecular weight is 364 g/mol. The van der Waals surface area contributed by atoms with Crippen LogP contribution in [0.2, 0.25) is 0 Å². The molecular weight excluding hydrogens is 328 g/mol. The quantitative estimate of drug-likeness (QED) is 0.522. The van der Waals surface area contributed by atoms with Crippen molar-refractivity contribution in [2.75, 3.05) is 33.4 Å². The van der Waals surface area contributed by atoms with E-state index in [1.807, 2.05) is 0 Å². The van der Waals surface area contributed by atoms with E-state index in [0.29, 0.717) is 18.2 Å². The topological polar surface area (TPSA) is 86.3 Å². The normalized spacial score (nSPS) is 11.5. The first kappa shape index (κ1) is 25.9. The van der Waals surface area contributed by atoms with Crippen molar-refractivity contribution in [2.45, 2.75) is 66.6 Å². The second kappa shape index (κ2) is 12.1. The van der Waals surface area contributed by atoms with E-state index in [1.54, 1.807) is 48.7 Å². The van der Waals surface area contributed by atoms with Gasteiger partial charge in [0, 0.05) is 20.3 Å². The monoisotopic (exact) mass is 364 g/mol. The van der Waals surface area contributed by atoms with Crippen LogP contribution < -0.4 is 5.32 Å². The summed E-state index contributed by atoms with van der Waals surface area (Å²) in [7, 11) is 1.64. The van der Waals surface area contributed by atoms with Crippen molar-refractivity contribution in [2.24, 2.45) is 0 Å². The lowest BCUT2D eigenvalue weighted by Crippen LogP contribution is -2.44. The van der Waals surface area contributed by atoms with E-state index in [1.165, 1.54) is 0 Å². The van der Waals surface area contributed by atoms with E-state index >= 15 is 0 Å². The molecule has 150 valence electrons. The number of nitrogens with one attached hydrogen (secondary N) is 1. The first-order valence-electron chi connectivity index (χ1n) is 8.05. The number of methoxy groups -OCH3 is 1. The third kappa shape index (κ3) is 14.7. The minimum Gasteiger partial charge on any atom is -0.442 e. The number of hydrogen-bond donors (Lipinski definition) is 1. The third-order valence-corrected chi connectivity index (χ3v) is 2.32. The summed E-state index contributed by atoms with van der Waals surface area (Å²) in [5.41, 5.74) is -1.50. The number of imide groups is 1. The number of hydroxylamine groups is 2. The lowest BCUT2D eigenvalue weighted by molar-refractivity contribution is -0.137. The molecule has 0 aromatic carbocycles. The predicted octanol–water partition coefficient (Wildman–Crippen LogP) is 3.35. The van der Waals surface area contributed by atoms with Crippen LogP contribution in [0, 0.1) is 0 Å². The van der Waals surface area contributed by atoms with Crippen molar-refractivity contribution in [1.82, 2.24) is 10.4 Å². The summed E-state index contributed by atoms with van der Waals surface area (Å²) < 4.78 is 15.3. The molecule has 0 rings (SSSR count). The van der Waals surface area contributed by atoms with Crippen LogP contribution in [0.1, 0.15) is 55.4 Å². The minimum absolute atomic E-state index is 0. The summed E-state index contributed by atoms with van der Waals surface area (Å²) in [5, 5.41) is 3.64. The molecule has 0 aliphatic carbocycles. The number of amides is 2. The van der Waals surface area contributed by atoms with Crippen molar-refractivity contribution in [3.63, 3.8) is 0 Å². The molecule has 0 radical (unpaired) electrons. The maximum atomic E-state index is 12.1. The Morgan fingerprint density at radius 1 is 0.880 bits per heavy atom. The molecule has 0 aliphatic heterocycles. The molecule has 0 saturated heterocycles. The van der Waals surface area contributed by atoms with Gasteiger partial charge in [-0.15, -0.1) is 0 Å². The number of rotatable bonds is 8. The Labute approximate surface area is 152 Å². The number of hydrogen-bond acceptors (Lipinski definition) is 7. The van der Waals surface area contributed by atoms with Gasteiger partial charge in [-0.3, -0.25) is 4.84 Å². The maximum Gasteiger partial charge on any atom is 0.444 e. The number of ether oxygens (including phenoxy) is 3. The van der Waals surface area contributed by atoms with Crippen molar-refractivity contribution in [3.8, 4) is 0 Å². The molecule has 25 heavy (non-hydrogen) atoms. The van der Waals surface area contributed by atoms with E-state index in [2.05, 4.69) is 5.32 Å². The summed E-state index contributed by atoms with van der Waals surface area (Å²) in [4.78, 5) is 29.5. The summed E-state index contributed by atoms with van der Waals surface area (Å²) in [6.07, 6.45) is -0.953. The van der Waals surface area contributed by atoms with Crippen molar-refractivity contribution >= 4 is 12.2 Å². The van der Waals surface area contributed by atoms with E-state index < -0.39 is 23.4 Å². The van der Waals surface area contributed by atoms with Gasteiger partial charge in [-0.05, 0) is 54.5 Å². The van der Waals surface area contributed by atoms with Crippen LogP contribution in [-0.2, 0) is 19.0 Å². The molecule has 8 heteroatoms. The number of carbonyl (C=O) groups is 2. The molecule has 8 nitrogen and oxygen atoms in total. The lowest BCUT2D eigenvalue weighted by Gasteiger charge is -2.27. The third-order valence-electron chi connectivity index (χ3n) is 2.32. The molecule has 0 aliphatic rings. The fourth-order valence-electron chi connectivity index (χ4n) is 1.46. The molecule has 0 spiro atoms. The molecule has 0 saturated carbocycles. The zero-order valence-electron chi connectivity index (χ0n) is 15.9. The highest BCUT2D eigenvalue weighted by Gasteiger charge is 2.32. The average Bonchev–Trinajstić information content (AvgIpc) is 2.37. The van der Waals surface area contributed by atoms with Gasteiger partial charge in [-0.1, -0.05) is 12.5 Å². The molecule has 0 aromatic heterocycles. The zero-order chi connectivity index (χ0) is 18.8. The van der Waals surface area contributed by atoms with Gasteiger partial charge in [-0.25, -0.2) is 9.59 Å². The molecule has 0 unspecified atom stereocenters. The first-order chi connectivity index (χ1) is 11.0. The summed E-state index contributed by atoms with van der Waals surface area (Å²) in [6, 6.07) is 0. The largest absolute Gasteiger partial charge is 0.444 e. The lowest BCUT2D eigenvalue weighted by atomic mass is 10.2. The number of nitrogens with zero attached hydrogens (tertiary/aromatic N) is 1. The molecule has 0 heterocycles. The molecule has 0 atom stereocenters. The van der Waals surface area contributed by atoms with E-state index in [9.17, 15) is 9.59 Å². The Morgan fingerprint density at radius 2 is 1.36 bits per heavy atom. The summed E-state index contributed by atoms with van der Waals surface area (Å²) in [6.45, 7) is 12.2. The smallest absolute Gasteiger partial charge is 0.442 e. The van der Waals surface area contributed by atoms with Crippen LogP contribution in [-0.4, -0.2) is 61.9 Å². The fourth-order valence-corrected chi connectivity index (χ4v) is 1.46. The Bertz CT molecular complexity index is 360. The van der Waals surface area contributed by atoms with Crippen LogP contribution >= 0.6 is 0 Å². The molecular formula is C17H36N2O6. The Balaban J connectivity index is 0. The van der Waals surface area contributed by atoms with Gasteiger partial charge in [0.2, 0.25) is 0 Å². The second-order valence-electron chi connectivity index (χ2n) is 7.18. The SMILES string of the molecule is C.COCCCNCCON(C(=O)OC(C)(C)C)C(=O)OC(C)(C)C. The van der Waals surface area contributed by atoms with Gasteiger partial charge in [-0.2, -0.15) is 0 Å². The van der Waals surface area contributed by atoms with Crippen LogP contribution in [0.4, 0.5) is 9.59 Å². The molecule has 0 aromatic rings. The highest BCUT2D eigenvalue weighted by molar-refractivity contribution is 5.86. The second-order valence-corrected chi connectivity index (χ2v) is 7.18. The van der Waals surface area contributed by atoms with Gasteiger partial charge in [0.05, 0.1) is 6.61 Å². The maximum absolute atomic E-state index is 12.1. The predicted molar refractivity (Wildman–Crippen MR) is 96.4 cm³/mol. The zero-order valence-corrected chi connectivity index (χ0v) is 15.9. The van der Waals surface area contributed by atoms with Gasteiger partial charge in [0.1, 0.15) is 11.2 Å². The molecule has 0 fully saturated rings. The Hall–Kier alpha value is -1.38. The molecule has 0 bridgehead atoms. The Kier molecular flexibility index (Phi) is 12.5. The van der Waals surface area contributed by atoms with Crippen molar-refractivity contribution in [3.05, 3.63) is 0 Å². The van der Waals surface area contributed by atoms with Gasteiger partial charge in [0.15, 0.2) is 0 Å². The van der Waals surface area contributed by atoms with Gasteiger partial charge in [0.25, 0.3) is 0 Å². The van der Waals surface area contributed by atoms with E-state index in [4.69, 9.17) is 19.0 Å². The summed E-state index contributed by atoms with van der Waals surface area (Å²) in [5.74, 6) is 0. The summed E-state index contributed by atoms with van der Waals surface area (Å²) >= 11 is 0. The van der Waals surface area contributed by atoms with Crippen LogP contribution in [0.15, 0.2) is 0 Å². The van der Waals surface area contributed by atoms with Crippen LogP contribution in [0.25, 0.3) is 0 Å². The van der Waals surface area contributed by atoms with Gasteiger partial charge < -0.3 is 19.5 Å².